The van der Waals surface area contributed by atoms with Crippen molar-refractivity contribution in [3.8, 4) is 11.4 Å². The van der Waals surface area contributed by atoms with Gasteiger partial charge in [0, 0.05) is 30.8 Å². The quantitative estimate of drug-likeness (QED) is 0.734. The van der Waals surface area contributed by atoms with Crippen LogP contribution >= 0.6 is 11.8 Å². The number of pyridine rings is 1. The van der Waals surface area contributed by atoms with Gasteiger partial charge < -0.3 is 9.67 Å². The Labute approximate surface area is 133 Å². The smallest absolute Gasteiger partial charge is 0.191 e. The molecule has 0 fully saturated rings. The average molecular weight is 312 g/mol. The van der Waals surface area contributed by atoms with Crippen molar-refractivity contribution in [2.45, 2.75) is 17.5 Å². The first-order valence-corrected chi connectivity index (χ1v) is 7.88. The SMILES string of the molecule is Cn1c(SCc2ccc(CO)cc2)nnc1-c1ccncc1. The zero-order valence-corrected chi connectivity index (χ0v) is 13.0. The van der Waals surface area contributed by atoms with Crippen LogP contribution in [-0.2, 0) is 19.4 Å². The topological polar surface area (TPSA) is 63.8 Å². The summed E-state index contributed by atoms with van der Waals surface area (Å²) >= 11 is 1.64. The number of aliphatic hydroxyl groups excluding tert-OH is 1. The van der Waals surface area contributed by atoms with Gasteiger partial charge in [-0.3, -0.25) is 4.98 Å². The Kier molecular flexibility index (Phi) is 4.50. The molecule has 1 aromatic carbocycles. The van der Waals surface area contributed by atoms with E-state index in [1.54, 1.807) is 24.2 Å². The number of aromatic nitrogens is 4. The van der Waals surface area contributed by atoms with Gasteiger partial charge in [0.1, 0.15) is 0 Å². The zero-order chi connectivity index (χ0) is 15.4. The average Bonchev–Trinajstić information content (AvgIpc) is 2.95. The first kappa shape index (κ1) is 14.7. The lowest BCUT2D eigenvalue weighted by molar-refractivity contribution is 0.282. The van der Waals surface area contributed by atoms with Crippen molar-refractivity contribution in [1.29, 1.82) is 0 Å². The second-order valence-electron chi connectivity index (χ2n) is 4.86. The molecule has 112 valence electrons. The molecule has 1 N–H and O–H groups in total. The molecular formula is C16H16N4OS. The molecule has 3 rings (SSSR count). The van der Waals surface area contributed by atoms with Crippen LogP contribution in [0.1, 0.15) is 11.1 Å². The minimum atomic E-state index is 0.0754. The molecule has 0 atom stereocenters. The number of thioether (sulfide) groups is 1. The minimum Gasteiger partial charge on any atom is -0.392 e. The Balaban J connectivity index is 1.72. The molecule has 0 spiro atoms. The molecule has 0 aliphatic carbocycles. The maximum atomic E-state index is 9.05. The largest absolute Gasteiger partial charge is 0.392 e. The molecule has 5 nitrogen and oxygen atoms in total. The lowest BCUT2D eigenvalue weighted by atomic mass is 10.2. The van der Waals surface area contributed by atoms with Gasteiger partial charge in [-0.2, -0.15) is 0 Å². The number of aliphatic hydroxyl groups is 1. The Morgan fingerprint density at radius 3 is 2.36 bits per heavy atom. The van der Waals surface area contributed by atoms with Gasteiger partial charge in [-0.25, -0.2) is 0 Å². The Hall–Kier alpha value is -2.18. The molecule has 22 heavy (non-hydrogen) atoms. The van der Waals surface area contributed by atoms with Crippen molar-refractivity contribution in [3.63, 3.8) is 0 Å². The molecule has 2 aromatic heterocycles. The third-order valence-electron chi connectivity index (χ3n) is 3.35. The van der Waals surface area contributed by atoms with Gasteiger partial charge in [-0.05, 0) is 23.3 Å². The van der Waals surface area contributed by atoms with Crippen LogP contribution in [0.4, 0.5) is 0 Å². The molecule has 0 aliphatic rings. The number of rotatable bonds is 5. The predicted molar refractivity (Wildman–Crippen MR) is 86.2 cm³/mol. The third-order valence-corrected chi connectivity index (χ3v) is 4.44. The van der Waals surface area contributed by atoms with Gasteiger partial charge in [0.05, 0.1) is 6.61 Å². The second-order valence-corrected chi connectivity index (χ2v) is 5.81. The van der Waals surface area contributed by atoms with Gasteiger partial charge in [-0.1, -0.05) is 36.0 Å². The molecule has 6 heteroatoms. The van der Waals surface area contributed by atoms with E-state index in [1.807, 2.05) is 48.0 Å². The highest BCUT2D eigenvalue weighted by Gasteiger charge is 2.11. The molecule has 2 heterocycles. The van der Waals surface area contributed by atoms with E-state index in [1.165, 1.54) is 5.56 Å². The molecular weight excluding hydrogens is 296 g/mol. The van der Waals surface area contributed by atoms with Gasteiger partial charge in [0.15, 0.2) is 11.0 Å². The van der Waals surface area contributed by atoms with E-state index in [9.17, 15) is 0 Å². The third kappa shape index (κ3) is 3.18. The Bertz CT molecular complexity index is 741. The summed E-state index contributed by atoms with van der Waals surface area (Å²) in [6.07, 6.45) is 3.50. The predicted octanol–water partition coefficient (Wildman–Crippen LogP) is 2.66. The minimum absolute atomic E-state index is 0.0754. The van der Waals surface area contributed by atoms with E-state index in [0.717, 1.165) is 27.9 Å². The molecule has 0 amide bonds. The normalized spacial score (nSPS) is 10.8. The van der Waals surface area contributed by atoms with Crippen LogP contribution in [0.2, 0.25) is 0 Å². The number of hydrogen-bond donors (Lipinski definition) is 1. The fraction of sp³-hybridized carbons (Fsp3) is 0.188. The zero-order valence-electron chi connectivity index (χ0n) is 12.2. The van der Waals surface area contributed by atoms with Crippen LogP contribution in [0.3, 0.4) is 0 Å². The fourth-order valence-electron chi connectivity index (χ4n) is 2.08. The van der Waals surface area contributed by atoms with Crippen LogP contribution in [-0.4, -0.2) is 24.9 Å². The molecule has 0 saturated heterocycles. The van der Waals surface area contributed by atoms with E-state index in [4.69, 9.17) is 5.11 Å². The van der Waals surface area contributed by atoms with E-state index in [-0.39, 0.29) is 6.61 Å². The second kappa shape index (κ2) is 6.72. The van der Waals surface area contributed by atoms with E-state index >= 15 is 0 Å². The van der Waals surface area contributed by atoms with Crippen LogP contribution in [0, 0.1) is 0 Å². The lowest BCUT2D eigenvalue weighted by Crippen LogP contribution is -1.95. The van der Waals surface area contributed by atoms with Crippen LogP contribution in [0.15, 0.2) is 53.9 Å². The first-order chi connectivity index (χ1) is 10.8. The maximum Gasteiger partial charge on any atom is 0.191 e. The van der Waals surface area contributed by atoms with Crippen molar-refractivity contribution >= 4 is 11.8 Å². The van der Waals surface area contributed by atoms with Crippen molar-refractivity contribution in [3.05, 3.63) is 59.9 Å². The van der Waals surface area contributed by atoms with Crippen molar-refractivity contribution in [1.82, 2.24) is 19.7 Å². The van der Waals surface area contributed by atoms with E-state index < -0.39 is 0 Å². The molecule has 0 saturated carbocycles. The highest BCUT2D eigenvalue weighted by atomic mass is 32.2. The molecule has 3 aromatic rings. The summed E-state index contributed by atoms with van der Waals surface area (Å²) in [5, 5.41) is 18.4. The standard InChI is InChI=1S/C16H16N4OS/c1-20-15(14-6-8-17-9-7-14)18-19-16(20)22-11-13-4-2-12(10-21)3-5-13/h2-9,21H,10-11H2,1H3. The number of nitrogens with zero attached hydrogens (tertiary/aromatic N) is 4. The van der Waals surface area contributed by atoms with Crippen molar-refractivity contribution in [2.24, 2.45) is 7.05 Å². The van der Waals surface area contributed by atoms with Crippen molar-refractivity contribution < 1.29 is 5.11 Å². The highest BCUT2D eigenvalue weighted by Crippen LogP contribution is 2.24. The van der Waals surface area contributed by atoms with Crippen LogP contribution in [0.25, 0.3) is 11.4 Å². The fourth-order valence-corrected chi connectivity index (χ4v) is 2.95. The summed E-state index contributed by atoms with van der Waals surface area (Å²) in [4.78, 5) is 4.02. The van der Waals surface area contributed by atoms with E-state index in [0.29, 0.717) is 0 Å². The molecule has 0 bridgehead atoms. The highest BCUT2D eigenvalue weighted by molar-refractivity contribution is 7.98. The van der Waals surface area contributed by atoms with Gasteiger partial charge in [0.2, 0.25) is 0 Å². The first-order valence-electron chi connectivity index (χ1n) is 6.89. The summed E-state index contributed by atoms with van der Waals surface area (Å²) in [6, 6.07) is 11.8. The van der Waals surface area contributed by atoms with Crippen LogP contribution in [0.5, 0.6) is 0 Å². The maximum absolute atomic E-state index is 9.05. The number of hydrogen-bond acceptors (Lipinski definition) is 5. The van der Waals surface area contributed by atoms with Crippen molar-refractivity contribution in [2.75, 3.05) is 0 Å². The van der Waals surface area contributed by atoms with Crippen LogP contribution < -0.4 is 0 Å². The Morgan fingerprint density at radius 2 is 1.68 bits per heavy atom. The molecule has 0 aliphatic heterocycles. The summed E-state index contributed by atoms with van der Waals surface area (Å²) in [5.74, 6) is 1.65. The monoisotopic (exact) mass is 312 g/mol. The van der Waals surface area contributed by atoms with Gasteiger partial charge >= 0.3 is 0 Å². The Morgan fingerprint density at radius 1 is 1.00 bits per heavy atom. The lowest BCUT2D eigenvalue weighted by Gasteiger charge is -2.04. The summed E-state index contributed by atoms with van der Waals surface area (Å²) in [5.41, 5.74) is 3.12. The van der Waals surface area contributed by atoms with Gasteiger partial charge in [-0.15, -0.1) is 10.2 Å². The summed E-state index contributed by atoms with van der Waals surface area (Å²) in [6.45, 7) is 0.0754. The summed E-state index contributed by atoms with van der Waals surface area (Å²) in [7, 11) is 1.97. The molecule has 0 radical (unpaired) electrons. The van der Waals surface area contributed by atoms with Gasteiger partial charge in [0.25, 0.3) is 0 Å². The summed E-state index contributed by atoms with van der Waals surface area (Å²) < 4.78 is 1.99. The van der Waals surface area contributed by atoms with E-state index in [2.05, 4.69) is 15.2 Å². The number of benzene rings is 1. The molecule has 0 unspecified atom stereocenters.